The van der Waals surface area contributed by atoms with Crippen molar-refractivity contribution in [2.75, 3.05) is 13.7 Å². The molecule has 3 amide bonds. The van der Waals surface area contributed by atoms with Crippen LogP contribution in [0.3, 0.4) is 0 Å². The van der Waals surface area contributed by atoms with Crippen molar-refractivity contribution in [3.05, 3.63) is 65.4 Å². The van der Waals surface area contributed by atoms with Crippen LogP contribution in [0.15, 0.2) is 48.7 Å². The van der Waals surface area contributed by atoms with E-state index in [2.05, 4.69) is 21.7 Å². The van der Waals surface area contributed by atoms with E-state index >= 15 is 0 Å². The lowest BCUT2D eigenvalue weighted by Crippen LogP contribution is -2.36. The van der Waals surface area contributed by atoms with Crippen molar-refractivity contribution in [1.82, 2.24) is 15.6 Å². The third-order valence-electron chi connectivity index (χ3n) is 5.46. The Morgan fingerprint density at radius 2 is 1.93 bits per heavy atom. The summed E-state index contributed by atoms with van der Waals surface area (Å²) in [5, 5.41) is 6.22. The summed E-state index contributed by atoms with van der Waals surface area (Å²) in [4.78, 5) is 27.5. The van der Waals surface area contributed by atoms with Gasteiger partial charge in [-0.2, -0.15) is 0 Å². The highest BCUT2D eigenvalue weighted by Crippen LogP contribution is 2.30. The third kappa shape index (κ3) is 3.82. The Kier molecular flexibility index (Phi) is 5.22. The molecule has 0 radical (unpaired) electrons. The fraction of sp³-hybridized carbons (Fsp3) is 0.273. The number of aromatic amines is 1. The molecule has 2 atom stereocenters. The van der Waals surface area contributed by atoms with Crippen molar-refractivity contribution in [3.63, 3.8) is 0 Å². The highest BCUT2D eigenvalue weighted by Gasteiger charge is 2.37. The van der Waals surface area contributed by atoms with Crippen LogP contribution in [0.1, 0.15) is 22.6 Å². The van der Waals surface area contributed by atoms with Crippen LogP contribution in [-0.2, 0) is 17.6 Å². The number of hydrogen-bond donors (Lipinski definition) is 4. The van der Waals surface area contributed by atoms with Gasteiger partial charge in [-0.3, -0.25) is 10.1 Å². The van der Waals surface area contributed by atoms with Crippen molar-refractivity contribution >= 4 is 22.8 Å². The minimum Gasteiger partial charge on any atom is -0.497 e. The van der Waals surface area contributed by atoms with Crippen LogP contribution in [0.5, 0.6) is 5.75 Å². The van der Waals surface area contributed by atoms with Gasteiger partial charge in [0.25, 0.3) is 5.91 Å². The zero-order chi connectivity index (χ0) is 20.4. The van der Waals surface area contributed by atoms with Crippen LogP contribution in [0, 0.1) is 0 Å². The lowest BCUT2D eigenvalue weighted by Gasteiger charge is -2.22. The number of imide groups is 1. The van der Waals surface area contributed by atoms with E-state index in [1.165, 1.54) is 0 Å². The molecule has 1 aliphatic heterocycles. The van der Waals surface area contributed by atoms with E-state index in [1.807, 2.05) is 42.6 Å². The van der Waals surface area contributed by atoms with E-state index in [9.17, 15) is 9.59 Å². The molecule has 7 heteroatoms. The molecule has 1 aromatic heterocycles. The number of amides is 3. The fourth-order valence-electron chi connectivity index (χ4n) is 3.95. The van der Waals surface area contributed by atoms with Crippen LogP contribution >= 0.6 is 0 Å². The number of carbonyl (C=O) groups excluding carboxylic acids is 2. The number of fused-ring (bicyclic) bond motifs is 1. The van der Waals surface area contributed by atoms with Crippen molar-refractivity contribution < 1.29 is 14.3 Å². The van der Waals surface area contributed by atoms with Gasteiger partial charge in [0.05, 0.1) is 7.11 Å². The summed E-state index contributed by atoms with van der Waals surface area (Å²) in [5.41, 5.74) is 9.97. The summed E-state index contributed by atoms with van der Waals surface area (Å²) < 4.78 is 5.23. The number of hydrogen-bond acceptors (Lipinski definition) is 4. The minimum atomic E-state index is -0.626. The average molecular weight is 392 g/mol. The van der Waals surface area contributed by atoms with Gasteiger partial charge >= 0.3 is 6.03 Å². The van der Waals surface area contributed by atoms with Crippen LogP contribution < -0.4 is 21.1 Å². The molecule has 0 saturated carbocycles. The van der Waals surface area contributed by atoms with Gasteiger partial charge in [0.2, 0.25) is 0 Å². The lowest BCUT2D eigenvalue weighted by atomic mass is 9.85. The minimum absolute atomic E-state index is 0.208. The largest absolute Gasteiger partial charge is 0.497 e. The van der Waals surface area contributed by atoms with E-state index in [1.54, 1.807) is 7.11 Å². The standard InChI is InChI=1S/C22H24N4O3/c1-29-16-5-2-13(3-6-16)10-18(20-21(27)26-22(28)25-20)14-4-7-19-17(11-14)15(8-9-23)12-24-19/h2-7,11-12,18,20,24H,8-10,23H2,1H3,(H2,25,26,27,28). The van der Waals surface area contributed by atoms with Gasteiger partial charge in [0.1, 0.15) is 11.8 Å². The van der Waals surface area contributed by atoms with Gasteiger partial charge < -0.3 is 20.8 Å². The van der Waals surface area contributed by atoms with Crippen molar-refractivity contribution in [1.29, 1.82) is 0 Å². The molecule has 5 N–H and O–H groups in total. The predicted octanol–water partition coefficient (Wildman–Crippen LogP) is 2.21. The van der Waals surface area contributed by atoms with E-state index in [4.69, 9.17) is 10.5 Å². The van der Waals surface area contributed by atoms with Gasteiger partial charge in [0, 0.05) is 23.0 Å². The first kappa shape index (κ1) is 19.0. The van der Waals surface area contributed by atoms with Crippen molar-refractivity contribution in [3.8, 4) is 5.75 Å². The molecule has 1 fully saturated rings. The molecule has 1 saturated heterocycles. The maximum Gasteiger partial charge on any atom is 0.322 e. The zero-order valence-electron chi connectivity index (χ0n) is 16.2. The second kappa shape index (κ2) is 7.97. The number of aromatic nitrogens is 1. The number of urea groups is 1. The molecule has 2 unspecified atom stereocenters. The highest BCUT2D eigenvalue weighted by molar-refractivity contribution is 6.04. The van der Waals surface area contributed by atoms with E-state index in [-0.39, 0.29) is 11.8 Å². The molecule has 2 heterocycles. The molecular formula is C22H24N4O3. The lowest BCUT2D eigenvalue weighted by molar-refractivity contribution is -0.120. The van der Waals surface area contributed by atoms with Gasteiger partial charge in [-0.05, 0) is 60.3 Å². The Morgan fingerprint density at radius 1 is 1.14 bits per heavy atom. The molecule has 4 rings (SSSR count). The number of rotatable bonds is 7. The number of carbonyl (C=O) groups is 2. The van der Waals surface area contributed by atoms with Crippen LogP contribution in [-0.4, -0.2) is 36.6 Å². The molecule has 0 spiro atoms. The highest BCUT2D eigenvalue weighted by atomic mass is 16.5. The van der Waals surface area contributed by atoms with Crippen LogP contribution in [0.2, 0.25) is 0 Å². The first-order chi connectivity index (χ1) is 14.1. The topological polar surface area (TPSA) is 109 Å². The number of nitrogens with two attached hydrogens (primary N) is 1. The summed E-state index contributed by atoms with van der Waals surface area (Å²) in [6.07, 6.45) is 3.35. The van der Waals surface area contributed by atoms with Gasteiger partial charge in [0.15, 0.2) is 0 Å². The monoisotopic (exact) mass is 392 g/mol. The van der Waals surface area contributed by atoms with Crippen LogP contribution in [0.25, 0.3) is 10.9 Å². The summed E-state index contributed by atoms with van der Waals surface area (Å²) in [7, 11) is 1.63. The Balaban J connectivity index is 1.72. The molecule has 3 aromatic rings. The van der Waals surface area contributed by atoms with Gasteiger partial charge in [-0.25, -0.2) is 4.79 Å². The molecule has 1 aliphatic rings. The van der Waals surface area contributed by atoms with Crippen molar-refractivity contribution in [2.45, 2.75) is 24.8 Å². The molecule has 29 heavy (non-hydrogen) atoms. The molecule has 0 bridgehead atoms. The average Bonchev–Trinajstić information content (AvgIpc) is 3.28. The first-order valence-electron chi connectivity index (χ1n) is 9.63. The Bertz CT molecular complexity index is 1040. The Morgan fingerprint density at radius 3 is 2.59 bits per heavy atom. The second-order valence-electron chi connectivity index (χ2n) is 7.26. The molecular weight excluding hydrogens is 368 g/mol. The third-order valence-corrected chi connectivity index (χ3v) is 5.46. The normalized spacial score (nSPS) is 17.2. The maximum absolute atomic E-state index is 12.4. The Hall–Kier alpha value is -3.32. The zero-order valence-corrected chi connectivity index (χ0v) is 16.2. The number of methoxy groups -OCH3 is 1. The Labute approximate surface area is 168 Å². The first-order valence-corrected chi connectivity index (χ1v) is 9.63. The summed E-state index contributed by atoms with van der Waals surface area (Å²) in [5.74, 6) is 0.266. The summed E-state index contributed by atoms with van der Waals surface area (Å²) >= 11 is 0. The number of nitrogens with one attached hydrogen (secondary N) is 3. The summed E-state index contributed by atoms with van der Waals surface area (Å²) in [6, 6.07) is 12.8. The molecule has 2 aromatic carbocycles. The molecule has 150 valence electrons. The van der Waals surface area contributed by atoms with E-state index in [0.717, 1.165) is 39.8 Å². The van der Waals surface area contributed by atoms with Crippen molar-refractivity contribution in [2.24, 2.45) is 5.73 Å². The quantitative estimate of drug-likeness (QED) is 0.462. The number of benzene rings is 2. The van der Waals surface area contributed by atoms with Gasteiger partial charge in [-0.15, -0.1) is 0 Å². The maximum atomic E-state index is 12.4. The SMILES string of the molecule is COc1ccc(CC(c2ccc3[nH]cc(CCN)c3c2)C2NC(=O)NC2=O)cc1. The second-order valence-corrected chi connectivity index (χ2v) is 7.26. The number of ether oxygens (including phenoxy) is 1. The van der Waals surface area contributed by atoms with E-state index < -0.39 is 12.1 Å². The van der Waals surface area contributed by atoms with Gasteiger partial charge in [-0.1, -0.05) is 18.2 Å². The van der Waals surface area contributed by atoms with E-state index in [0.29, 0.717) is 13.0 Å². The molecule has 7 nitrogen and oxygen atoms in total. The molecule has 0 aliphatic carbocycles. The fourth-order valence-corrected chi connectivity index (χ4v) is 3.95. The smallest absolute Gasteiger partial charge is 0.322 e. The van der Waals surface area contributed by atoms with Crippen LogP contribution in [0.4, 0.5) is 4.79 Å². The predicted molar refractivity (Wildman–Crippen MR) is 111 cm³/mol. The number of H-pyrrole nitrogens is 1. The summed E-state index contributed by atoms with van der Waals surface area (Å²) in [6.45, 7) is 0.563.